The number of carbonyl (C=O) groups is 3. The lowest BCUT2D eigenvalue weighted by molar-refractivity contribution is -0.145. The molecule has 0 bridgehead atoms. The summed E-state index contributed by atoms with van der Waals surface area (Å²) in [5.74, 6) is -0.897. The maximum absolute atomic E-state index is 13.0. The highest BCUT2D eigenvalue weighted by Crippen LogP contribution is 2.29. The van der Waals surface area contributed by atoms with E-state index < -0.39 is 11.9 Å². The van der Waals surface area contributed by atoms with Crippen LogP contribution in [-0.4, -0.2) is 36.8 Å². The Kier molecular flexibility index (Phi) is 10.8. The van der Waals surface area contributed by atoms with Crippen LogP contribution >= 0.6 is 12.4 Å². The van der Waals surface area contributed by atoms with E-state index in [4.69, 9.17) is 20.6 Å². The van der Waals surface area contributed by atoms with Crippen molar-refractivity contribution in [3.8, 4) is 5.75 Å². The van der Waals surface area contributed by atoms with E-state index >= 15 is 0 Å². The van der Waals surface area contributed by atoms with Gasteiger partial charge in [0.1, 0.15) is 11.6 Å². The molecule has 0 aromatic heterocycles. The van der Waals surface area contributed by atoms with E-state index in [1.165, 1.54) is 12.1 Å². The zero-order valence-electron chi connectivity index (χ0n) is 21.4. The molecule has 0 unspecified atom stereocenters. The van der Waals surface area contributed by atoms with Gasteiger partial charge < -0.3 is 25.8 Å². The van der Waals surface area contributed by atoms with E-state index in [0.717, 1.165) is 5.56 Å². The molecule has 0 fully saturated rings. The fourth-order valence-electron chi connectivity index (χ4n) is 3.41. The Bertz CT molecular complexity index is 1310. The molecule has 200 valence electrons. The van der Waals surface area contributed by atoms with Gasteiger partial charge in [-0.2, -0.15) is 0 Å². The van der Waals surface area contributed by atoms with E-state index in [2.05, 4.69) is 24.5 Å². The Labute approximate surface area is 227 Å². The maximum atomic E-state index is 13.0. The summed E-state index contributed by atoms with van der Waals surface area (Å²) in [4.78, 5) is 37.6. The first-order valence-electron chi connectivity index (χ1n) is 11.8. The Morgan fingerprint density at radius 2 is 1.50 bits per heavy atom. The minimum absolute atomic E-state index is 0. The summed E-state index contributed by atoms with van der Waals surface area (Å²) < 4.78 is 10.4. The third kappa shape index (κ3) is 8.07. The predicted octanol–water partition coefficient (Wildman–Crippen LogP) is 4.96. The molecule has 3 rings (SSSR count). The van der Waals surface area contributed by atoms with Crippen molar-refractivity contribution in [2.45, 2.75) is 26.7 Å². The van der Waals surface area contributed by atoms with E-state index in [9.17, 15) is 14.4 Å². The first-order chi connectivity index (χ1) is 17.7. The summed E-state index contributed by atoms with van der Waals surface area (Å²) in [5, 5.41) is 13.2. The minimum atomic E-state index is -0.527. The summed E-state index contributed by atoms with van der Waals surface area (Å²) in [5.41, 5.74) is 8.37. The van der Waals surface area contributed by atoms with Crippen molar-refractivity contribution < 1.29 is 23.9 Å². The van der Waals surface area contributed by atoms with Gasteiger partial charge in [-0.3, -0.25) is 15.0 Å². The van der Waals surface area contributed by atoms with E-state index in [1.54, 1.807) is 49.4 Å². The lowest BCUT2D eigenvalue weighted by atomic mass is 10.0. The number of esters is 1. The number of nitrogens with two attached hydrogens (primary N) is 1. The SMILES string of the molecule is CCOC(=O)COc1ccc(NC(=O)c2cccc(C(=N)N)c2)c(NC(=O)c2ccc(C(C)C)cc2)c1.Cl. The van der Waals surface area contributed by atoms with Gasteiger partial charge in [0, 0.05) is 22.8 Å². The van der Waals surface area contributed by atoms with Gasteiger partial charge in [0.15, 0.2) is 6.61 Å². The predicted molar refractivity (Wildman–Crippen MR) is 150 cm³/mol. The molecule has 0 radical (unpaired) electrons. The Hall–Kier alpha value is -4.37. The van der Waals surface area contributed by atoms with Crippen LogP contribution in [-0.2, 0) is 9.53 Å². The summed E-state index contributed by atoms with van der Waals surface area (Å²) in [6.07, 6.45) is 0. The second-order valence-corrected chi connectivity index (χ2v) is 8.48. The molecule has 0 saturated carbocycles. The van der Waals surface area contributed by atoms with Gasteiger partial charge in [-0.25, -0.2) is 4.79 Å². The number of amidine groups is 1. The van der Waals surface area contributed by atoms with Crippen LogP contribution in [0.15, 0.2) is 66.7 Å². The molecule has 2 amide bonds. The fourth-order valence-corrected chi connectivity index (χ4v) is 3.41. The highest BCUT2D eigenvalue weighted by Gasteiger charge is 2.15. The van der Waals surface area contributed by atoms with Crippen molar-refractivity contribution in [3.05, 3.63) is 89.0 Å². The molecule has 38 heavy (non-hydrogen) atoms. The number of carbonyl (C=O) groups excluding carboxylic acids is 3. The molecule has 0 atom stereocenters. The van der Waals surface area contributed by atoms with Crippen LogP contribution in [0.5, 0.6) is 5.75 Å². The van der Waals surface area contributed by atoms with Gasteiger partial charge in [0.2, 0.25) is 0 Å². The van der Waals surface area contributed by atoms with Crippen LogP contribution in [0.3, 0.4) is 0 Å². The second-order valence-electron chi connectivity index (χ2n) is 8.48. The molecule has 10 heteroatoms. The van der Waals surface area contributed by atoms with Crippen molar-refractivity contribution in [1.82, 2.24) is 0 Å². The quantitative estimate of drug-likeness (QED) is 0.163. The Balaban J connectivity index is 0.00000507. The molecule has 0 aliphatic heterocycles. The number of halogens is 1. The first kappa shape index (κ1) is 29.9. The van der Waals surface area contributed by atoms with Crippen LogP contribution in [0.1, 0.15) is 58.5 Å². The largest absolute Gasteiger partial charge is 0.482 e. The van der Waals surface area contributed by atoms with Crippen LogP contribution in [0.2, 0.25) is 0 Å². The second kappa shape index (κ2) is 13.8. The van der Waals surface area contributed by atoms with Crippen molar-refractivity contribution in [2.75, 3.05) is 23.8 Å². The molecule has 3 aromatic carbocycles. The van der Waals surface area contributed by atoms with Crippen molar-refractivity contribution in [1.29, 1.82) is 5.41 Å². The molecule has 3 aromatic rings. The third-order valence-corrected chi connectivity index (χ3v) is 5.42. The lowest BCUT2D eigenvalue weighted by Crippen LogP contribution is -2.18. The minimum Gasteiger partial charge on any atom is -0.482 e. The van der Waals surface area contributed by atoms with Gasteiger partial charge in [0.25, 0.3) is 11.8 Å². The zero-order valence-corrected chi connectivity index (χ0v) is 22.2. The van der Waals surface area contributed by atoms with Crippen LogP contribution in [0.25, 0.3) is 0 Å². The number of hydrogen-bond donors (Lipinski definition) is 4. The molecule has 0 spiro atoms. The maximum Gasteiger partial charge on any atom is 0.344 e. The molecular weight excluding hydrogens is 508 g/mol. The highest BCUT2D eigenvalue weighted by atomic mass is 35.5. The molecule has 0 heterocycles. The first-order valence-corrected chi connectivity index (χ1v) is 11.8. The summed E-state index contributed by atoms with van der Waals surface area (Å²) in [6.45, 7) is 5.76. The van der Waals surface area contributed by atoms with Crippen molar-refractivity contribution in [2.24, 2.45) is 5.73 Å². The van der Waals surface area contributed by atoms with E-state index in [-0.39, 0.29) is 48.6 Å². The summed E-state index contributed by atoms with van der Waals surface area (Å²) in [6, 6.07) is 18.2. The molecule has 0 saturated heterocycles. The van der Waals surface area contributed by atoms with Gasteiger partial charge in [-0.1, -0.05) is 38.1 Å². The number of nitrogens with one attached hydrogen (secondary N) is 3. The summed E-state index contributed by atoms with van der Waals surface area (Å²) >= 11 is 0. The number of hydrogen-bond acceptors (Lipinski definition) is 6. The average molecular weight is 539 g/mol. The molecular formula is C28H31ClN4O5. The van der Waals surface area contributed by atoms with Gasteiger partial charge >= 0.3 is 5.97 Å². The Morgan fingerprint density at radius 3 is 2.13 bits per heavy atom. The van der Waals surface area contributed by atoms with Crippen molar-refractivity contribution in [3.63, 3.8) is 0 Å². The number of benzene rings is 3. The van der Waals surface area contributed by atoms with Gasteiger partial charge in [0.05, 0.1) is 18.0 Å². The number of ether oxygens (including phenoxy) is 2. The molecule has 9 nitrogen and oxygen atoms in total. The van der Waals surface area contributed by atoms with E-state index in [1.807, 2.05) is 12.1 Å². The molecule has 0 aliphatic rings. The van der Waals surface area contributed by atoms with Gasteiger partial charge in [-0.15, -0.1) is 12.4 Å². The van der Waals surface area contributed by atoms with Crippen LogP contribution in [0, 0.1) is 5.41 Å². The zero-order chi connectivity index (χ0) is 26.9. The standard InChI is InChI=1S/C28H30N4O5.ClH/c1-4-36-25(33)16-37-22-12-13-23(31-28(35)21-7-5-6-20(14-21)26(29)30)24(15-22)32-27(34)19-10-8-18(9-11-19)17(2)3;/h5-15,17H,4,16H2,1-3H3,(H3,29,30)(H,31,35)(H,32,34);1H. The van der Waals surface area contributed by atoms with Crippen LogP contribution < -0.4 is 21.1 Å². The Morgan fingerprint density at radius 1 is 0.868 bits per heavy atom. The highest BCUT2D eigenvalue weighted by molar-refractivity contribution is 6.10. The number of nitrogen functional groups attached to an aromatic ring is 1. The summed E-state index contributed by atoms with van der Waals surface area (Å²) in [7, 11) is 0. The van der Waals surface area contributed by atoms with E-state index in [0.29, 0.717) is 28.5 Å². The third-order valence-electron chi connectivity index (χ3n) is 5.42. The molecule has 0 aliphatic carbocycles. The number of rotatable bonds is 10. The van der Waals surface area contributed by atoms with Gasteiger partial charge in [-0.05, 0) is 54.8 Å². The lowest BCUT2D eigenvalue weighted by Gasteiger charge is -2.15. The average Bonchev–Trinajstić information content (AvgIpc) is 2.89. The normalized spacial score (nSPS) is 10.2. The fraction of sp³-hybridized carbons (Fsp3) is 0.214. The number of anilines is 2. The monoisotopic (exact) mass is 538 g/mol. The van der Waals surface area contributed by atoms with Crippen molar-refractivity contribution >= 4 is 47.4 Å². The number of amides is 2. The smallest absolute Gasteiger partial charge is 0.344 e. The molecule has 5 N–H and O–H groups in total. The topological polar surface area (TPSA) is 144 Å². The van der Waals surface area contributed by atoms with Crippen LogP contribution in [0.4, 0.5) is 11.4 Å².